The van der Waals surface area contributed by atoms with Gasteiger partial charge in [0.2, 0.25) is 0 Å². The number of nitrogens with zero attached hydrogens (tertiary/aromatic N) is 3. The van der Waals surface area contributed by atoms with Crippen molar-refractivity contribution in [3.63, 3.8) is 0 Å². The zero-order valence-electron chi connectivity index (χ0n) is 17.5. The highest BCUT2D eigenvalue weighted by molar-refractivity contribution is 5.39. The molecule has 3 aliphatic rings. The van der Waals surface area contributed by atoms with E-state index in [9.17, 15) is 5.11 Å². The Morgan fingerprint density at radius 3 is 2.54 bits per heavy atom. The first-order valence-electron chi connectivity index (χ1n) is 11.0. The van der Waals surface area contributed by atoms with Gasteiger partial charge in [0.05, 0.1) is 13.2 Å². The van der Waals surface area contributed by atoms with Gasteiger partial charge >= 0.3 is 0 Å². The molecule has 3 atom stereocenters. The molecule has 0 unspecified atom stereocenters. The predicted octanol–water partition coefficient (Wildman–Crippen LogP) is 2.23. The molecule has 4 rings (SSSR count). The molecular weight excluding hydrogens is 346 g/mol. The van der Waals surface area contributed by atoms with Gasteiger partial charge < -0.3 is 10.0 Å². The fourth-order valence-corrected chi connectivity index (χ4v) is 4.93. The van der Waals surface area contributed by atoms with E-state index >= 15 is 0 Å². The second-order valence-corrected chi connectivity index (χ2v) is 9.15. The van der Waals surface area contributed by atoms with Crippen molar-refractivity contribution in [2.75, 3.05) is 53.4 Å². The van der Waals surface area contributed by atoms with Crippen molar-refractivity contribution in [3.05, 3.63) is 35.4 Å². The number of aliphatic hydroxyl groups excluding tert-OH is 1. The Hall–Kier alpha value is -1.38. The SMILES string of the molecule is CN(C)CC#Cc1ccc([C@@H]2[C@@H](CO)N3CCCCN(CC4CC4)C[C@@H]23)cc1. The van der Waals surface area contributed by atoms with Crippen LogP contribution in [0.4, 0.5) is 0 Å². The average Bonchev–Trinajstić information content (AvgIpc) is 3.47. The zero-order chi connectivity index (χ0) is 19.5. The van der Waals surface area contributed by atoms with Crippen LogP contribution in [0.3, 0.4) is 0 Å². The number of benzene rings is 1. The largest absolute Gasteiger partial charge is 0.395 e. The number of hydrogen-bond donors (Lipinski definition) is 1. The third-order valence-corrected chi connectivity index (χ3v) is 6.59. The minimum atomic E-state index is 0.258. The maximum atomic E-state index is 10.1. The molecule has 1 N–H and O–H groups in total. The smallest absolute Gasteiger partial charge is 0.0600 e. The third-order valence-electron chi connectivity index (χ3n) is 6.59. The normalized spacial score (nSPS) is 28.6. The molecule has 0 spiro atoms. The molecule has 0 radical (unpaired) electrons. The van der Waals surface area contributed by atoms with E-state index in [1.54, 1.807) is 0 Å². The van der Waals surface area contributed by atoms with Crippen molar-refractivity contribution in [2.24, 2.45) is 5.92 Å². The number of fused-ring (bicyclic) bond motifs is 1. The lowest BCUT2D eigenvalue weighted by Crippen LogP contribution is -2.67. The van der Waals surface area contributed by atoms with Crippen LogP contribution in [-0.4, -0.2) is 85.3 Å². The quantitative estimate of drug-likeness (QED) is 0.793. The van der Waals surface area contributed by atoms with E-state index in [1.165, 1.54) is 44.3 Å². The lowest BCUT2D eigenvalue weighted by Gasteiger charge is -2.57. The van der Waals surface area contributed by atoms with Gasteiger partial charge in [-0.25, -0.2) is 0 Å². The molecule has 2 heterocycles. The van der Waals surface area contributed by atoms with Gasteiger partial charge in [-0.3, -0.25) is 9.80 Å². The standard InChI is InChI=1S/C24H35N3O/c1-25(2)13-5-6-19-9-11-21(12-10-19)24-22-17-26(16-20-7-8-20)14-3-4-15-27(22)23(24)18-28/h9-12,20,22-24,28H,3-4,7-8,13-18H2,1-2H3/t22-,23+,24-/m0/s1. The Bertz CT molecular complexity index is 701. The van der Waals surface area contributed by atoms with Crippen molar-refractivity contribution in [2.45, 2.75) is 43.7 Å². The van der Waals surface area contributed by atoms with Crippen molar-refractivity contribution in [1.82, 2.24) is 14.7 Å². The second kappa shape index (κ2) is 8.97. The predicted molar refractivity (Wildman–Crippen MR) is 114 cm³/mol. The summed E-state index contributed by atoms with van der Waals surface area (Å²) in [5, 5.41) is 10.1. The van der Waals surface area contributed by atoms with Gasteiger partial charge in [-0.2, -0.15) is 0 Å². The topological polar surface area (TPSA) is 30.0 Å². The first-order chi connectivity index (χ1) is 13.7. The Morgan fingerprint density at radius 2 is 1.86 bits per heavy atom. The molecule has 3 fully saturated rings. The van der Waals surface area contributed by atoms with Crippen LogP contribution in [0, 0.1) is 17.8 Å². The Labute approximate surface area is 170 Å². The van der Waals surface area contributed by atoms with E-state index in [4.69, 9.17) is 0 Å². The Balaban J connectivity index is 1.47. The van der Waals surface area contributed by atoms with Crippen molar-refractivity contribution >= 4 is 0 Å². The molecule has 2 aliphatic heterocycles. The summed E-state index contributed by atoms with van der Waals surface area (Å²) >= 11 is 0. The third kappa shape index (κ3) is 4.60. The molecular formula is C24H35N3O. The van der Waals surface area contributed by atoms with Crippen molar-refractivity contribution in [3.8, 4) is 11.8 Å². The van der Waals surface area contributed by atoms with Gasteiger partial charge in [-0.15, -0.1) is 0 Å². The maximum Gasteiger partial charge on any atom is 0.0600 e. The fourth-order valence-electron chi connectivity index (χ4n) is 4.93. The van der Waals surface area contributed by atoms with Gasteiger partial charge in [0.1, 0.15) is 0 Å². The van der Waals surface area contributed by atoms with Gasteiger partial charge in [0.15, 0.2) is 0 Å². The summed E-state index contributed by atoms with van der Waals surface area (Å²) in [7, 11) is 4.08. The van der Waals surface area contributed by atoms with Crippen LogP contribution in [0.1, 0.15) is 42.7 Å². The summed E-state index contributed by atoms with van der Waals surface area (Å²) in [6.45, 7) is 5.86. The monoisotopic (exact) mass is 381 g/mol. The summed E-state index contributed by atoms with van der Waals surface area (Å²) in [4.78, 5) is 7.36. The fraction of sp³-hybridized carbons (Fsp3) is 0.667. The number of hydrogen-bond acceptors (Lipinski definition) is 4. The molecule has 1 aliphatic carbocycles. The van der Waals surface area contributed by atoms with Crippen molar-refractivity contribution in [1.29, 1.82) is 0 Å². The zero-order valence-corrected chi connectivity index (χ0v) is 17.5. The lowest BCUT2D eigenvalue weighted by molar-refractivity contribution is -0.0649. The first-order valence-corrected chi connectivity index (χ1v) is 11.0. The molecule has 28 heavy (non-hydrogen) atoms. The molecule has 0 amide bonds. The summed E-state index contributed by atoms with van der Waals surface area (Å²) < 4.78 is 0. The van der Waals surface area contributed by atoms with Gasteiger partial charge in [-0.05, 0) is 76.5 Å². The summed E-state index contributed by atoms with van der Waals surface area (Å²) in [6.07, 6.45) is 5.38. The summed E-state index contributed by atoms with van der Waals surface area (Å²) in [5.74, 6) is 7.85. The van der Waals surface area contributed by atoms with E-state index in [1.807, 2.05) is 14.1 Å². The number of rotatable bonds is 5. The van der Waals surface area contributed by atoms with Crippen LogP contribution in [-0.2, 0) is 0 Å². The van der Waals surface area contributed by atoms with Gasteiger partial charge in [-0.1, -0.05) is 24.0 Å². The molecule has 1 aromatic rings. The molecule has 152 valence electrons. The summed E-state index contributed by atoms with van der Waals surface area (Å²) in [6, 6.07) is 9.61. The van der Waals surface area contributed by atoms with Gasteiger partial charge in [0, 0.05) is 36.7 Å². The molecule has 1 aromatic carbocycles. The maximum absolute atomic E-state index is 10.1. The molecule has 0 aromatic heterocycles. The van der Waals surface area contributed by atoms with E-state index in [0.717, 1.165) is 31.1 Å². The van der Waals surface area contributed by atoms with E-state index in [2.05, 4.69) is 50.8 Å². The minimum Gasteiger partial charge on any atom is -0.395 e. The molecule has 4 nitrogen and oxygen atoms in total. The first kappa shape index (κ1) is 19.9. The van der Waals surface area contributed by atoms with Crippen LogP contribution < -0.4 is 0 Å². The van der Waals surface area contributed by atoms with Crippen LogP contribution in [0.15, 0.2) is 24.3 Å². The molecule has 4 heteroatoms. The van der Waals surface area contributed by atoms with Gasteiger partial charge in [0.25, 0.3) is 0 Å². The highest BCUT2D eigenvalue weighted by Gasteiger charge is 2.49. The van der Waals surface area contributed by atoms with E-state index < -0.39 is 0 Å². The summed E-state index contributed by atoms with van der Waals surface area (Å²) in [5.41, 5.74) is 2.45. The molecule has 2 saturated heterocycles. The minimum absolute atomic E-state index is 0.258. The van der Waals surface area contributed by atoms with Crippen LogP contribution >= 0.6 is 0 Å². The highest BCUT2D eigenvalue weighted by Crippen LogP contribution is 2.42. The lowest BCUT2D eigenvalue weighted by atomic mass is 9.74. The van der Waals surface area contributed by atoms with E-state index in [0.29, 0.717) is 12.0 Å². The second-order valence-electron chi connectivity index (χ2n) is 9.15. The molecule has 1 saturated carbocycles. The van der Waals surface area contributed by atoms with Crippen LogP contribution in [0.5, 0.6) is 0 Å². The van der Waals surface area contributed by atoms with E-state index in [-0.39, 0.29) is 12.6 Å². The Kier molecular flexibility index (Phi) is 6.38. The average molecular weight is 382 g/mol. The number of aliphatic hydroxyl groups is 1. The van der Waals surface area contributed by atoms with Crippen LogP contribution in [0.25, 0.3) is 0 Å². The van der Waals surface area contributed by atoms with Crippen molar-refractivity contribution < 1.29 is 5.11 Å². The van der Waals surface area contributed by atoms with Crippen LogP contribution in [0.2, 0.25) is 0 Å². The molecule has 0 bridgehead atoms. The highest BCUT2D eigenvalue weighted by atomic mass is 16.3. The Morgan fingerprint density at radius 1 is 1.11 bits per heavy atom.